The lowest BCUT2D eigenvalue weighted by Crippen LogP contribution is -3.14. The summed E-state index contributed by atoms with van der Waals surface area (Å²) in [6, 6.07) is 0.732. The zero-order chi connectivity index (χ0) is 12.3. The third kappa shape index (κ3) is 3.43. The predicted molar refractivity (Wildman–Crippen MR) is 63.6 cm³/mol. The van der Waals surface area contributed by atoms with Crippen LogP contribution < -0.4 is 15.5 Å². The van der Waals surface area contributed by atoms with Crippen molar-refractivity contribution in [2.75, 3.05) is 19.6 Å². The second kappa shape index (κ2) is 5.49. The monoisotopic (exact) mass is 240 g/mol. The number of amides is 2. The highest BCUT2D eigenvalue weighted by Gasteiger charge is 2.29. The smallest absolute Gasteiger partial charge is 0.309 e. The molecule has 1 unspecified atom stereocenters. The molecule has 1 saturated carbocycles. The number of carbonyl (C=O) groups excluding carboxylic acids is 2. The van der Waals surface area contributed by atoms with Crippen LogP contribution in [-0.2, 0) is 9.59 Å². The molecule has 0 bridgehead atoms. The van der Waals surface area contributed by atoms with E-state index < -0.39 is 11.8 Å². The summed E-state index contributed by atoms with van der Waals surface area (Å²) in [6.45, 7) is 5.06. The minimum Gasteiger partial charge on any atom is -0.345 e. The second-order valence-corrected chi connectivity index (χ2v) is 5.06. The van der Waals surface area contributed by atoms with Gasteiger partial charge in [0.05, 0.1) is 19.6 Å². The number of likely N-dealkylation sites (N-methyl/N-ethyl adjacent to an activating group) is 1. The third-order valence-corrected chi connectivity index (χ3v) is 3.71. The van der Waals surface area contributed by atoms with Crippen molar-refractivity contribution in [1.29, 1.82) is 0 Å². The van der Waals surface area contributed by atoms with Crippen LogP contribution in [0.15, 0.2) is 0 Å². The first kappa shape index (κ1) is 12.4. The van der Waals surface area contributed by atoms with Crippen molar-refractivity contribution in [3.05, 3.63) is 0 Å². The van der Waals surface area contributed by atoms with E-state index in [1.807, 2.05) is 0 Å². The Kier molecular flexibility index (Phi) is 3.99. The molecule has 96 valence electrons. The van der Waals surface area contributed by atoms with Gasteiger partial charge in [0.15, 0.2) is 0 Å². The molecular weight excluding hydrogens is 218 g/mol. The Labute approximate surface area is 102 Å². The Morgan fingerprint density at radius 2 is 2.00 bits per heavy atom. The van der Waals surface area contributed by atoms with Crippen molar-refractivity contribution < 1.29 is 14.5 Å². The zero-order valence-corrected chi connectivity index (χ0v) is 10.4. The number of likely N-dealkylation sites (tertiary alicyclic amines) is 1. The van der Waals surface area contributed by atoms with Gasteiger partial charge in [0.25, 0.3) is 0 Å². The molecule has 1 heterocycles. The molecule has 0 aromatic heterocycles. The zero-order valence-electron chi connectivity index (χ0n) is 10.4. The van der Waals surface area contributed by atoms with Crippen LogP contribution in [0.5, 0.6) is 0 Å². The Morgan fingerprint density at radius 3 is 2.65 bits per heavy atom. The number of carbonyl (C=O) groups is 2. The highest BCUT2D eigenvalue weighted by atomic mass is 16.2. The molecule has 0 spiro atoms. The number of hydrogen-bond acceptors (Lipinski definition) is 2. The summed E-state index contributed by atoms with van der Waals surface area (Å²) < 4.78 is 0. The van der Waals surface area contributed by atoms with Crippen LogP contribution in [0, 0.1) is 0 Å². The first-order valence-electron chi connectivity index (χ1n) is 6.64. The van der Waals surface area contributed by atoms with Crippen LogP contribution >= 0.6 is 0 Å². The van der Waals surface area contributed by atoms with Gasteiger partial charge in [0.1, 0.15) is 6.04 Å². The van der Waals surface area contributed by atoms with Gasteiger partial charge < -0.3 is 15.5 Å². The van der Waals surface area contributed by atoms with Gasteiger partial charge in [-0.2, -0.15) is 0 Å². The molecule has 5 nitrogen and oxygen atoms in total. The quantitative estimate of drug-likeness (QED) is 0.521. The predicted octanol–water partition coefficient (Wildman–Crippen LogP) is -1.55. The Hall–Kier alpha value is -1.10. The van der Waals surface area contributed by atoms with Gasteiger partial charge in [0, 0.05) is 18.9 Å². The third-order valence-electron chi connectivity index (χ3n) is 3.71. The molecule has 2 fully saturated rings. The van der Waals surface area contributed by atoms with E-state index >= 15 is 0 Å². The average molecular weight is 240 g/mol. The fraction of sp³-hybridized carbons (Fsp3) is 0.833. The highest BCUT2D eigenvalue weighted by Crippen LogP contribution is 2.18. The van der Waals surface area contributed by atoms with Crippen LogP contribution in [0.1, 0.15) is 32.6 Å². The van der Waals surface area contributed by atoms with E-state index in [0.29, 0.717) is 12.6 Å². The van der Waals surface area contributed by atoms with Crippen molar-refractivity contribution >= 4 is 11.8 Å². The van der Waals surface area contributed by atoms with E-state index in [4.69, 9.17) is 0 Å². The summed E-state index contributed by atoms with van der Waals surface area (Å²) in [5.41, 5.74) is 0. The maximum absolute atomic E-state index is 11.5. The molecule has 1 saturated heterocycles. The topological polar surface area (TPSA) is 62.6 Å². The molecule has 1 aliphatic carbocycles. The SMILES string of the molecule is CC[NH+]1CCC[C@H]1CNC(=O)C(=O)NC1CC1. The largest absolute Gasteiger partial charge is 0.345 e. The number of nitrogens with one attached hydrogen (secondary N) is 3. The Morgan fingerprint density at radius 1 is 1.24 bits per heavy atom. The van der Waals surface area contributed by atoms with Crippen LogP contribution in [0.3, 0.4) is 0 Å². The average Bonchev–Trinajstić information content (AvgIpc) is 3.02. The van der Waals surface area contributed by atoms with Crippen LogP contribution in [-0.4, -0.2) is 43.5 Å². The summed E-state index contributed by atoms with van der Waals surface area (Å²) in [7, 11) is 0. The van der Waals surface area contributed by atoms with E-state index in [1.165, 1.54) is 17.9 Å². The fourth-order valence-corrected chi connectivity index (χ4v) is 2.47. The molecule has 1 aliphatic heterocycles. The molecule has 3 N–H and O–H groups in total. The number of hydrogen-bond donors (Lipinski definition) is 3. The summed E-state index contributed by atoms with van der Waals surface area (Å²) >= 11 is 0. The molecule has 0 aromatic rings. The summed E-state index contributed by atoms with van der Waals surface area (Å²) in [5.74, 6) is -0.942. The molecule has 2 atom stereocenters. The maximum atomic E-state index is 11.5. The van der Waals surface area contributed by atoms with Crippen molar-refractivity contribution in [1.82, 2.24) is 10.6 Å². The molecule has 5 heteroatoms. The van der Waals surface area contributed by atoms with Crippen LogP contribution in [0.4, 0.5) is 0 Å². The van der Waals surface area contributed by atoms with E-state index in [2.05, 4.69) is 17.6 Å². The molecule has 2 amide bonds. The molecule has 0 aromatic carbocycles. The van der Waals surface area contributed by atoms with E-state index in [0.717, 1.165) is 25.8 Å². The highest BCUT2D eigenvalue weighted by molar-refractivity contribution is 6.35. The van der Waals surface area contributed by atoms with Gasteiger partial charge in [-0.3, -0.25) is 9.59 Å². The molecule has 2 aliphatic rings. The first-order chi connectivity index (χ1) is 8.20. The minimum absolute atomic E-state index is 0.248. The van der Waals surface area contributed by atoms with Gasteiger partial charge in [-0.1, -0.05) is 0 Å². The lowest BCUT2D eigenvalue weighted by atomic mass is 10.2. The Bertz CT molecular complexity index is 302. The fourth-order valence-electron chi connectivity index (χ4n) is 2.47. The van der Waals surface area contributed by atoms with Gasteiger partial charge >= 0.3 is 11.8 Å². The second-order valence-electron chi connectivity index (χ2n) is 5.06. The Balaban J connectivity index is 1.69. The first-order valence-corrected chi connectivity index (χ1v) is 6.64. The van der Waals surface area contributed by atoms with Crippen LogP contribution in [0.25, 0.3) is 0 Å². The molecule has 0 radical (unpaired) electrons. The summed E-state index contributed by atoms with van der Waals surface area (Å²) in [6.07, 6.45) is 4.39. The lowest BCUT2D eigenvalue weighted by Gasteiger charge is -2.19. The van der Waals surface area contributed by atoms with Crippen LogP contribution in [0.2, 0.25) is 0 Å². The number of quaternary nitrogens is 1. The number of rotatable bonds is 4. The molecule has 17 heavy (non-hydrogen) atoms. The van der Waals surface area contributed by atoms with E-state index in [-0.39, 0.29) is 6.04 Å². The minimum atomic E-state index is -0.473. The van der Waals surface area contributed by atoms with Gasteiger partial charge in [-0.25, -0.2) is 0 Å². The van der Waals surface area contributed by atoms with Gasteiger partial charge in [-0.15, -0.1) is 0 Å². The van der Waals surface area contributed by atoms with Gasteiger partial charge in [-0.05, 0) is 19.8 Å². The lowest BCUT2D eigenvalue weighted by molar-refractivity contribution is -0.909. The van der Waals surface area contributed by atoms with Gasteiger partial charge in [0.2, 0.25) is 0 Å². The molecule has 2 rings (SSSR count). The molecular formula is C12H22N3O2+. The van der Waals surface area contributed by atoms with E-state index in [9.17, 15) is 9.59 Å². The van der Waals surface area contributed by atoms with Crippen molar-refractivity contribution in [3.63, 3.8) is 0 Å². The maximum Gasteiger partial charge on any atom is 0.309 e. The summed E-state index contributed by atoms with van der Waals surface area (Å²) in [4.78, 5) is 24.5. The van der Waals surface area contributed by atoms with Crippen molar-refractivity contribution in [2.24, 2.45) is 0 Å². The normalized spacial score (nSPS) is 27.8. The summed E-state index contributed by atoms with van der Waals surface area (Å²) in [5, 5.41) is 5.45. The van der Waals surface area contributed by atoms with Crippen molar-refractivity contribution in [2.45, 2.75) is 44.7 Å². The standard InChI is InChI=1S/C12H21N3O2/c1-2-15-7-3-4-10(15)8-13-11(16)12(17)14-9-5-6-9/h9-10H,2-8H2,1H3,(H,13,16)(H,14,17)/p+1/t10-/m0/s1. The van der Waals surface area contributed by atoms with E-state index in [1.54, 1.807) is 0 Å². The van der Waals surface area contributed by atoms with Crippen molar-refractivity contribution in [3.8, 4) is 0 Å².